The molecule has 0 heterocycles. The molecule has 0 aliphatic rings. The Morgan fingerprint density at radius 1 is 1.30 bits per heavy atom. The van der Waals surface area contributed by atoms with E-state index in [1.807, 2.05) is 37.3 Å². The summed E-state index contributed by atoms with van der Waals surface area (Å²) in [5.74, 6) is 0.820. The van der Waals surface area contributed by atoms with Crippen molar-refractivity contribution in [2.45, 2.75) is 25.9 Å². The van der Waals surface area contributed by atoms with Gasteiger partial charge in [0.2, 0.25) is 5.91 Å². The molecule has 0 saturated heterocycles. The van der Waals surface area contributed by atoms with E-state index in [4.69, 9.17) is 4.74 Å². The Bertz CT molecular complexity index is 371. The lowest BCUT2D eigenvalue weighted by atomic mass is 10.3. The molecule has 0 radical (unpaired) electrons. The van der Waals surface area contributed by atoms with Crippen molar-refractivity contribution >= 4 is 5.91 Å². The van der Waals surface area contributed by atoms with E-state index in [-0.39, 0.29) is 12.5 Å². The predicted molar refractivity (Wildman–Crippen MR) is 78.7 cm³/mol. The maximum Gasteiger partial charge on any atom is 0.220 e. The van der Waals surface area contributed by atoms with Crippen molar-refractivity contribution < 1.29 is 14.6 Å². The summed E-state index contributed by atoms with van der Waals surface area (Å²) in [6, 6.07) is 9.39. The highest BCUT2D eigenvalue weighted by molar-refractivity contribution is 5.75. The summed E-state index contributed by atoms with van der Waals surface area (Å²) in [6.07, 6.45) is 0.851. The first kappa shape index (κ1) is 16.5. The SMILES string of the molecule is CCCC(=O)NCCNC[C@@H](O)COc1ccccc1. The third-order valence-corrected chi connectivity index (χ3v) is 2.67. The molecular formula is C15H24N2O3. The molecule has 5 heteroatoms. The summed E-state index contributed by atoms with van der Waals surface area (Å²) >= 11 is 0. The van der Waals surface area contributed by atoms with Crippen LogP contribution >= 0.6 is 0 Å². The Morgan fingerprint density at radius 2 is 2.05 bits per heavy atom. The van der Waals surface area contributed by atoms with Crippen LogP contribution in [-0.4, -0.2) is 43.4 Å². The quantitative estimate of drug-likeness (QED) is 0.558. The lowest BCUT2D eigenvalue weighted by molar-refractivity contribution is -0.121. The molecule has 20 heavy (non-hydrogen) atoms. The molecule has 1 aromatic carbocycles. The Balaban J connectivity index is 2.00. The van der Waals surface area contributed by atoms with Gasteiger partial charge in [-0.05, 0) is 18.6 Å². The number of carbonyl (C=O) groups excluding carboxylic acids is 1. The Labute approximate surface area is 120 Å². The fourth-order valence-electron chi connectivity index (χ4n) is 1.64. The number of carbonyl (C=O) groups is 1. The topological polar surface area (TPSA) is 70.6 Å². The van der Waals surface area contributed by atoms with Gasteiger partial charge in [0.15, 0.2) is 0 Å². The van der Waals surface area contributed by atoms with Gasteiger partial charge in [-0.2, -0.15) is 0 Å². The van der Waals surface area contributed by atoms with Gasteiger partial charge in [0.05, 0.1) is 0 Å². The first-order valence-corrected chi connectivity index (χ1v) is 7.05. The number of aliphatic hydroxyl groups excluding tert-OH is 1. The molecule has 1 amide bonds. The number of benzene rings is 1. The maximum atomic E-state index is 11.2. The lowest BCUT2D eigenvalue weighted by Crippen LogP contribution is -2.37. The Morgan fingerprint density at radius 3 is 2.75 bits per heavy atom. The number of para-hydroxylation sites is 1. The molecular weight excluding hydrogens is 256 g/mol. The third-order valence-electron chi connectivity index (χ3n) is 2.67. The Kier molecular flexibility index (Phi) is 8.42. The lowest BCUT2D eigenvalue weighted by Gasteiger charge is -2.13. The van der Waals surface area contributed by atoms with Crippen LogP contribution in [0.25, 0.3) is 0 Å². The summed E-state index contributed by atoms with van der Waals surface area (Å²) in [5, 5.41) is 15.6. The molecule has 1 aromatic rings. The largest absolute Gasteiger partial charge is 0.491 e. The standard InChI is InChI=1S/C15H24N2O3/c1-2-6-15(19)17-10-9-16-11-13(18)12-20-14-7-4-3-5-8-14/h3-5,7-8,13,16,18H,2,6,9-12H2,1H3,(H,17,19)/t13-/m1/s1. The first-order chi connectivity index (χ1) is 9.72. The minimum Gasteiger partial charge on any atom is -0.491 e. The molecule has 0 unspecified atom stereocenters. The summed E-state index contributed by atoms with van der Waals surface area (Å²) in [7, 11) is 0. The average Bonchev–Trinajstić information content (AvgIpc) is 2.46. The van der Waals surface area contributed by atoms with Crippen LogP contribution in [0.3, 0.4) is 0 Å². The number of ether oxygens (including phenoxy) is 1. The number of amides is 1. The van der Waals surface area contributed by atoms with Gasteiger partial charge in [-0.25, -0.2) is 0 Å². The number of nitrogens with one attached hydrogen (secondary N) is 2. The molecule has 1 atom stereocenters. The second-order valence-electron chi connectivity index (χ2n) is 4.58. The molecule has 0 bridgehead atoms. The number of hydrogen-bond donors (Lipinski definition) is 3. The summed E-state index contributed by atoms with van der Waals surface area (Å²) < 4.78 is 5.44. The van der Waals surface area contributed by atoms with Crippen LogP contribution in [-0.2, 0) is 4.79 Å². The van der Waals surface area contributed by atoms with E-state index >= 15 is 0 Å². The van der Waals surface area contributed by atoms with Crippen LogP contribution in [0.4, 0.5) is 0 Å². The van der Waals surface area contributed by atoms with Crippen molar-refractivity contribution in [1.29, 1.82) is 0 Å². The molecule has 0 aliphatic heterocycles. The zero-order valence-electron chi connectivity index (χ0n) is 12.0. The van der Waals surface area contributed by atoms with Crippen molar-refractivity contribution in [2.75, 3.05) is 26.2 Å². The first-order valence-electron chi connectivity index (χ1n) is 7.05. The number of hydrogen-bond acceptors (Lipinski definition) is 4. The molecule has 5 nitrogen and oxygen atoms in total. The summed E-state index contributed by atoms with van der Waals surface area (Å²) in [4.78, 5) is 11.2. The van der Waals surface area contributed by atoms with E-state index in [2.05, 4.69) is 10.6 Å². The zero-order chi connectivity index (χ0) is 14.6. The Hall–Kier alpha value is -1.59. The van der Waals surface area contributed by atoms with Crippen molar-refractivity contribution in [3.8, 4) is 5.75 Å². The van der Waals surface area contributed by atoms with Crippen LogP contribution in [0.5, 0.6) is 5.75 Å². The van der Waals surface area contributed by atoms with E-state index in [0.717, 1.165) is 12.2 Å². The maximum absolute atomic E-state index is 11.2. The molecule has 0 saturated carbocycles. The van der Waals surface area contributed by atoms with Crippen LogP contribution < -0.4 is 15.4 Å². The van der Waals surface area contributed by atoms with Crippen LogP contribution in [0.1, 0.15) is 19.8 Å². The fourth-order valence-corrected chi connectivity index (χ4v) is 1.64. The molecule has 1 rings (SSSR count). The van der Waals surface area contributed by atoms with E-state index in [0.29, 0.717) is 26.1 Å². The molecule has 112 valence electrons. The van der Waals surface area contributed by atoms with Gasteiger partial charge in [0.1, 0.15) is 18.5 Å². The summed E-state index contributed by atoms with van der Waals surface area (Å²) in [5.41, 5.74) is 0. The highest BCUT2D eigenvalue weighted by Gasteiger charge is 2.04. The van der Waals surface area contributed by atoms with Gasteiger partial charge < -0.3 is 20.5 Å². The second-order valence-corrected chi connectivity index (χ2v) is 4.58. The smallest absolute Gasteiger partial charge is 0.220 e. The van der Waals surface area contributed by atoms with Crippen molar-refractivity contribution in [2.24, 2.45) is 0 Å². The predicted octanol–water partition coefficient (Wildman–Crippen LogP) is 0.932. The molecule has 0 fully saturated rings. The van der Waals surface area contributed by atoms with Gasteiger partial charge in [0, 0.05) is 26.1 Å². The minimum atomic E-state index is -0.568. The van der Waals surface area contributed by atoms with E-state index in [1.165, 1.54) is 0 Å². The second kappa shape index (κ2) is 10.2. The molecule has 0 aliphatic carbocycles. The minimum absolute atomic E-state index is 0.0715. The van der Waals surface area contributed by atoms with Crippen molar-refractivity contribution in [1.82, 2.24) is 10.6 Å². The van der Waals surface area contributed by atoms with E-state index in [9.17, 15) is 9.90 Å². The average molecular weight is 280 g/mol. The monoisotopic (exact) mass is 280 g/mol. The van der Waals surface area contributed by atoms with Gasteiger partial charge in [-0.1, -0.05) is 25.1 Å². The zero-order valence-corrected chi connectivity index (χ0v) is 12.0. The van der Waals surface area contributed by atoms with E-state index in [1.54, 1.807) is 0 Å². The van der Waals surface area contributed by atoms with Gasteiger partial charge in [-0.3, -0.25) is 4.79 Å². The number of aliphatic hydroxyl groups is 1. The highest BCUT2D eigenvalue weighted by Crippen LogP contribution is 2.08. The highest BCUT2D eigenvalue weighted by atomic mass is 16.5. The normalized spacial score (nSPS) is 11.9. The number of rotatable bonds is 10. The van der Waals surface area contributed by atoms with Gasteiger partial charge in [0.25, 0.3) is 0 Å². The van der Waals surface area contributed by atoms with Crippen LogP contribution in [0.15, 0.2) is 30.3 Å². The summed E-state index contributed by atoms with van der Waals surface area (Å²) in [6.45, 7) is 3.87. The van der Waals surface area contributed by atoms with E-state index < -0.39 is 6.10 Å². The van der Waals surface area contributed by atoms with Gasteiger partial charge >= 0.3 is 0 Å². The third kappa shape index (κ3) is 7.76. The fraction of sp³-hybridized carbons (Fsp3) is 0.533. The molecule has 0 spiro atoms. The van der Waals surface area contributed by atoms with Crippen molar-refractivity contribution in [3.63, 3.8) is 0 Å². The van der Waals surface area contributed by atoms with Crippen LogP contribution in [0, 0.1) is 0 Å². The van der Waals surface area contributed by atoms with Gasteiger partial charge in [-0.15, -0.1) is 0 Å². The van der Waals surface area contributed by atoms with Crippen LogP contribution in [0.2, 0.25) is 0 Å². The van der Waals surface area contributed by atoms with Crippen molar-refractivity contribution in [3.05, 3.63) is 30.3 Å². The molecule has 0 aromatic heterocycles. The molecule has 3 N–H and O–H groups in total.